The van der Waals surface area contributed by atoms with Gasteiger partial charge in [0, 0.05) is 12.1 Å². The molecular formula is C24H24N2O3. The summed E-state index contributed by atoms with van der Waals surface area (Å²) in [7, 11) is 1.59. The van der Waals surface area contributed by atoms with Crippen LogP contribution in [0.5, 0.6) is 5.75 Å². The summed E-state index contributed by atoms with van der Waals surface area (Å²) in [5.74, 6) is 0.326. The number of para-hydroxylation sites is 1. The van der Waals surface area contributed by atoms with Crippen molar-refractivity contribution in [3.63, 3.8) is 0 Å². The SMILES string of the molecule is COc1ccc(NC(=O)c2ccccc2NC(=O)CCCc2ccccc2)cc1. The predicted octanol–water partition coefficient (Wildman–Crippen LogP) is 4.91. The summed E-state index contributed by atoms with van der Waals surface area (Å²) in [6, 6.07) is 24.1. The molecule has 0 aliphatic heterocycles. The Labute approximate surface area is 170 Å². The summed E-state index contributed by atoms with van der Waals surface area (Å²) < 4.78 is 5.12. The molecule has 0 aliphatic rings. The van der Waals surface area contributed by atoms with E-state index in [4.69, 9.17) is 4.74 Å². The normalized spacial score (nSPS) is 10.2. The van der Waals surface area contributed by atoms with Gasteiger partial charge in [0.15, 0.2) is 0 Å². The molecule has 0 saturated carbocycles. The second-order valence-corrected chi connectivity index (χ2v) is 6.62. The number of amides is 2. The summed E-state index contributed by atoms with van der Waals surface area (Å²) in [5.41, 5.74) is 2.78. The second kappa shape index (κ2) is 10.1. The topological polar surface area (TPSA) is 67.4 Å². The number of hydrogen-bond donors (Lipinski definition) is 2. The number of carbonyl (C=O) groups is 2. The summed E-state index contributed by atoms with van der Waals surface area (Å²) in [6.07, 6.45) is 1.98. The third-order valence-corrected chi connectivity index (χ3v) is 4.51. The van der Waals surface area contributed by atoms with Gasteiger partial charge in [-0.15, -0.1) is 0 Å². The number of rotatable bonds is 8. The third-order valence-electron chi connectivity index (χ3n) is 4.51. The zero-order chi connectivity index (χ0) is 20.5. The fourth-order valence-electron chi connectivity index (χ4n) is 2.97. The molecule has 0 heterocycles. The molecule has 2 amide bonds. The molecule has 2 N–H and O–H groups in total. The van der Waals surface area contributed by atoms with Crippen LogP contribution in [0.15, 0.2) is 78.9 Å². The first-order chi connectivity index (χ1) is 14.2. The number of methoxy groups -OCH3 is 1. The monoisotopic (exact) mass is 388 g/mol. The Morgan fingerprint density at radius 2 is 1.52 bits per heavy atom. The van der Waals surface area contributed by atoms with E-state index in [0.717, 1.165) is 12.8 Å². The molecule has 0 atom stereocenters. The lowest BCUT2D eigenvalue weighted by Gasteiger charge is -2.12. The van der Waals surface area contributed by atoms with Crippen LogP contribution in [0.25, 0.3) is 0 Å². The maximum absolute atomic E-state index is 12.7. The number of carbonyl (C=O) groups excluding carboxylic acids is 2. The van der Waals surface area contributed by atoms with Crippen LogP contribution in [0.4, 0.5) is 11.4 Å². The van der Waals surface area contributed by atoms with Crippen LogP contribution < -0.4 is 15.4 Å². The van der Waals surface area contributed by atoms with Gasteiger partial charge in [-0.1, -0.05) is 42.5 Å². The highest BCUT2D eigenvalue weighted by Gasteiger charge is 2.13. The Morgan fingerprint density at radius 3 is 2.24 bits per heavy atom. The zero-order valence-corrected chi connectivity index (χ0v) is 16.4. The van der Waals surface area contributed by atoms with Crippen molar-refractivity contribution in [1.29, 1.82) is 0 Å². The molecule has 148 valence electrons. The van der Waals surface area contributed by atoms with Gasteiger partial charge in [0.1, 0.15) is 5.75 Å². The van der Waals surface area contributed by atoms with Gasteiger partial charge in [-0.25, -0.2) is 0 Å². The summed E-state index contributed by atoms with van der Waals surface area (Å²) in [5, 5.41) is 5.70. The highest BCUT2D eigenvalue weighted by Crippen LogP contribution is 2.20. The van der Waals surface area contributed by atoms with Crippen molar-refractivity contribution in [2.24, 2.45) is 0 Å². The fraction of sp³-hybridized carbons (Fsp3) is 0.167. The second-order valence-electron chi connectivity index (χ2n) is 6.62. The quantitative estimate of drug-likeness (QED) is 0.576. The van der Waals surface area contributed by atoms with Crippen molar-refractivity contribution in [2.75, 3.05) is 17.7 Å². The van der Waals surface area contributed by atoms with Crippen molar-refractivity contribution in [3.05, 3.63) is 90.0 Å². The van der Waals surface area contributed by atoms with E-state index in [-0.39, 0.29) is 11.8 Å². The first kappa shape index (κ1) is 20.1. The zero-order valence-electron chi connectivity index (χ0n) is 16.4. The van der Waals surface area contributed by atoms with Crippen LogP contribution in [0.3, 0.4) is 0 Å². The van der Waals surface area contributed by atoms with Gasteiger partial charge >= 0.3 is 0 Å². The predicted molar refractivity (Wildman–Crippen MR) is 115 cm³/mol. The highest BCUT2D eigenvalue weighted by atomic mass is 16.5. The maximum atomic E-state index is 12.7. The standard InChI is InChI=1S/C24H24N2O3/c1-29-20-16-14-19(15-17-20)25-24(28)21-11-5-6-12-22(21)26-23(27)13-7-10-18-8-3-2-4-9-18/h2-6,8-9,11-12,14-17H,7,10,13H2,1H3,(H,25,28)(H,26,27). The van der Waals surface area contributed by atoms with Crippen molar-refractivity contribution in [3.8, 4) is 5.75 Å². The van der Waals surface area contributed by atoms with Crippen LogP contribution in [-0.4, -0.2) is 18.9 Å². The van der Waals surface area contributed by atoms with Crippen molar-refractivity contribution < 1.29 is 14.3 Å². The molecule has 5 heteroatoms. The van der Waals surface area contributed by atoms with E-state index in [1.165, 1.54) is 5.56 Å². The molecule has 0 aromatic heterocycles. The molecule has 0 saturated heterocycles. The molecule has 3 aromatic rings. The van der Waals surface area contributed by atoms with E-state index in [9.17, 15) is 9.59 Å². The first-order valence-electron chi connectivity index (χ1n) is 9.54. The van der Waals surface area contributed by atoms with Crippen molar-refractivity contribution in [1.82, 2.24) is 0 Å². The van der Waals surface area contributed by atoms with Gasteiger partial charge in [-0.2, -0.15) is 0 Å². The highest BCUT2D eigenvalue weighted by molar-refractivity contribution is 6.10. The smallest absolute Gasteiger partial charge is 0.257 e. The van der Waals surface area contributed by atoms with Gasteiger partial charge in [-0.05, 0) is 54.8 Å². The molecule has 3 aromatic carbocycles. The largest absolute Gasteiger partial charge is 0.497 e. The van der Waals surface area contributed by atoms with Crippen molar-refractivity contribution >= 4 is 23.2 Å². The van der Waals surface area contributed by atoms with Crippen LogP contribution in [0, 0.1) is 0 Å². The van der Waals surface area contributed by atoms with Crippen LogP contribution in [0.2, 0.25) is 0 Å². The lowest BCUT2D eigenvalue weighted by Crippen LogP contribution is -2.18. The molecule has 3 rings (SSSR count). The van der Waals surface area contributed by atoms with Crippen molar-refractivity contribution in [2.45, 2.75) is 19.3 Å². The molecule has 0 fully saturated rings. The average Bonchev–Trinajstić information content (AvgIpc) is 2.75. The molecule has 29 heavy (non-hydrogen) atoms. The van der Waals surface area contributed by atoms with Gasteiger partial charge in [0.2, 0.25) is 5.91 Å². The van der Waals surface area contributed by atoms with E-state index in [1.807, 2.05) is 18.2 Å². The van der Waals surface area contributed by atoms with Crippen LogP contribution >= 0.6 is 0 Å². The summed E-state index contributed by atoms with van der Waals surface area (Å²) in [6.45, 7) is 0. The lowest BCUT2D eigenvalue weighted by molar-refractivity contribution is -0.116. The molecule has 5 nitrogen and oxygen atoms in total. The minimum absolute atomic E-state index is 0.106. The Bertz CT molecular complexity index is 953. The molecule has 0 radical (unpaired) electrons. The average molecular weight is 388 g/mol. The number of ether oxygens (including phenoxy) is 1. The molecule has 0 aliphatic carbocycles. The summed E-state index contributed by atoms with van der Waals surface area (Å²) >= 11 is 0. The minimum Gasteiger partial charge on any atom is -0.497 e. The minimum atomic E-state index is -0.282. The Kier molecular flexibility index (Phi) is 7.00. The van der Waals surface area contributed by atoms with Crippen LogP contribution in [-0.2, 0) is 11.2 Å². The number of benzene rings is 3. The third kappa shape index (κ3) is 5.94. The van der Waals surface area contributed by atoms with E-state index >= 15 is 0 Å². The van der Waals surface area contributed by atoms with E-state index in [1.54, 1.807) is 55.6 Å². The van der Waals surface area contributed by atoms with Crippen LogP contribution in [0.1, 0.15) is 28.8 Å². The van der Waals surface area contributed by atoms with E-state index in [0.29, 0.717) is 29.1 Å². The van der Waals surface area contributed by atoms with Gasteiger partial charge in [-0.3, -0.25) is 9.59 Å². The number of anilines is 2. The first-order valence-corrected chi connectivity index (χ1v) is 9.54. The lowest BCUT2D eigenvalue weighted by atomic mass is 10.1. The number of aryl methyl sites for hydroxylation is 1. The fourth-order valence-corrected chi connectivity index (χ4v) is 2.97. The van der Waals surface area contributed by atoms with E-state index in [2.05, 4.69) is 22.8 Å². The number of hydrogen-bond acceptors (Lipinski definition) is 3. The molecule has 0 bridgehead atoms. The molecular weight excluding hydrogens is 364 g/mol. The Morgan fingerprint density at radius 1 is 0.828 bits per heavy atom. The van der Waals surface area contributed by atoms with Gasteiger partial charge in [0.25, 0.3) is 5.91 Å². The molecule has 0 unspecified atom stereocenters. The molecule has 0 spiro atoms. The maximum Gasteiger partial charge on any atom is 0.257 e. The van der Waals surface area contributed by atoms with Gasteiger partial charge < -0.3 is 15.4 Å². The Balaban J connectivity index is 1.58. The van der Waals surface area contributed by atoms with E-state index < -0.39 is 0 Å². The van der Waals surface area contributed by atoms with Gasteiger partial charge in [0.05, 0.1) is 18.4 Å². The summed E-state index contributed by atoms with van der Waals surface area (Å²) in [4.78, 5) is 25.0. The Hall–Kier alpha value is -3.60. The number of nitrogens with one attached hydrogen (secondary N) is 2.